The van der Waals surface area contributed by atoms with Crippen molar-refractivity contribution in [2.45, 2.75) is 32.3 Å². The Morgan fingerprint density at radius 1 is 1.53 bits per heavy atom. The minimum atomic E-state index is -0.903. The molecule has 5 heteroatoms. The highest BCUT2D eigenvalue weighted by molar-refractivity contribution is 5.95. The predicted molar refractivity (Wildman–Crippen MR) is 71.3 cm³/mol. The van der Waals surface area contributed by atoms with Crippen LogP contribution in [-0.2, 0) is 0 Å². The molecular weight excluding hydrogens is 247 g/mol. The van der Waals surface area contributed by atoms with Crippen LogP contribution in [0.2, 0.25) is 0 Å². The number of nitrogens with zero attached hydrogens (tertiary/aromatic N) is 1. The summed E-state index contributed by atoms with van der Waals surface area (Å²) in [6.07, 6.45) is 1.36. The van der Waals surface area contributed by atoms with Crippen molar-refractivity contribution in [3.05, 3.63) is 29.1 Å². The predicted octanol–water partition coefficient (Wildman–Crippen LogP) is 1.70. The van der Waals surface area contributed by atoms with Crippen LogP contribution in [-0.4, -0.2) is 34.6 Å². The number of carbonyl (C=O) groups is 1. The normalized spacial score (nSPS) is 23.5. The molecule has 1 aliphatic rings. The minimum Gasteiger partial charge on any atom is -0.399 e. The number of nitrogen functional groups attached to an aromatic ring is 1. The fourth-order valence-electron chi connectivity index (χ4n) is 2.52. The van der Waals surface area contributed by atoms with Gasteiger partial charge >= 0.3 is 0 Å². The lowest BCUT2D eigenvalue weighted by atomic mass is 9.94. The van der Waals surface area contributed by atoms with Gasteiger partial charge in [0.2, 0.25) is 0 Å². The molecule has 0 radical (unpaired) electrons. The van der Waals surface area contributed by atoms with Crippen LogP contribution >= 0.6 is 0 Å². The van der Waals surface area contributed by atoms with Gasteiger partial charge in [-0.05, 0) is 44.4 Å². The number of nitrogens with two attached hydrogens (primary N) is 1. The van der Waals surface area contributed by atoms with Gasteiger partial charge in [-0.15, -0.1) is 0 Å². The van der Waals surface area contributed by atoms with E-state index in [1.165, 1.54) is 17.0 Å². The number of benzene rings is 1. The monoisotopic (exact) mass is 266 g/mol. The van der Waals surface area contributed by atoms with Crippen molar-refractivity contribution in [2.75, 3.05) is 18.8 Å². The summed E-state index contributed by atoms with van der Waals surface area (Å²) in [7, 11) is 0. The molecule has 104 valence electrons. The average molecular weight is 266 g/mol. The van der Waals surface area contributed by atoms with Crippen molar-refractivity contribution in [3.63, 3.8) is 0 Å². The lowest BCUT2D eigenvalue weighted by Gasteiger charge is -2.37. The highest BCUT2D eigenvalue weighted by Crippen LogP contribution is 2.24. The number of anilines is 1. The average Bonchev–Trinajstić information content (AvgIpc) is 2.31. The summed E-state index contributed by atoms with van der Waals surface area (Å²) in [6.45, 7) is 4.02. The van der Waals surface area contributed by atoms with Gasteiger partial charge in [0.05, 0.1) is 11.2 Å². The Hall–Kier alpha value is -1.62. The van der Waals surface area contributed by atoms with E-state index in [0.29, 0.717) is 30.6 Å². The van der Waals surface area contributed by atoms with Crippen molar-refractivity contribution in [2.24, 2.45) is 0 Å². The molecule has 19 heavy (non-hydrogen) atoms. The Balaban J connectivity index is 2.29. The molecule has 1 aromatic carbocycles. The number of carbonyl (C=O) groups excluding carboxylic acids is 1. The fourth-order valence-corrected chi connectivity index (χ4v) is 2.52. The highest BCUT2D eigenvalue weighted by atomic mass is 19.1. The van der Waals surface area contributed by atoms with Gasteiger partial charge in [0.1, 0.15) is 5.82 Å². The van der Waals surface area contributed by atoms with Gasteiger partial charge < -0.3 is 15.7 Å². The quantitative estimate of drug-likeness (QED) is 0.760. The largest absolute Gasteiger partial charge is 0.399 e. The molecule has 0 spiro atoms. The third-order valence-corrected chi connectivity index (χ3v) is 3.47. The Labute approximate surface area is 112 Å². The van der Waals surface area contributed by atoms with Crippen LogP contribution in [0.1, 0.15) is 35.7 Å². The van der Waals surface area contributed by atoms with Gasteiger partial charge in [-0.3, -0.25) is 4.79 Å². The fraction of sp³-hybridized carbons (Fsp3) is 0.500. The molecule has 1 aliphatic heterocycles. The zero-order valence-electron chi connectivity index (χ0n) is 11.2. The topological polar surface area (TPSA) is 66.6 Å². The highest BCUT2D eigenvalue weighted by Gasteiger charge is 2.32. The first-order valence-corrected chi connectivity index (χ1v) is 6.37. The van der Waals surface area contributed by atoms with Crippen LogP contribution in [0, 0.1) is 12.7 Å². The summed E-state index contributed by atoms with van der Waals surface area (Å²) < 4.78 is 14.0. The standard InChI is InChI=1S/C14H19FN2O2/c1-9-6-10(16)7-11(12(9)15)13(18)17-5-3-4-14(2,19)8-17/h6-7,19H,3-5,8,16H2,1-2H3. The van der Waals surface area contributed by atoms with E-state index in [2.05, 4.69) is 0 Å². The summed E-state index contributed by atoms with van der Waals surface area (Å²) in [5, 5.41) is 10.0. The van der Waals surface area contributed by atoms with Gasteiger partial charge in [-0.2, -0.15) is 0 Å². The SMILES string of the molecule is Cc1cc(N)cc(C(=O)N2CCCC(C)(O)C2)c1F. The zero-order valence-corrected chi connectivity index (χ0v) is 11.2. The van der Waals surface area contributed by atoms with Gasteiger partial charge in [-0.25, -0.2) is 4.39 Å². The van der Waals surface area contributed by atoms with E-state index >= 15 is 0 Å². The van der Waals surface area contributed by atoms with E-state index in [-0.39, 0.29) is 12.1 Å². The molecule has 1 aromatic rings. The summed E-state index contributed by atoms with van der Waals surface area (Å²) in [5.41, 5.74) is 5.46. The molecule has 0 aromatic heterocycles. The number of likely N-dealkylation sites (tertiary alicyclic amines) is 1. The van der Waals surface area contributed by atoms with Gasteiger partial charge in [0.25, 0.3) is 5.91 Å². The smallest absolute Gasteiger partial charge is 0.257 e. The Morgan fingerprint density at radius 3 is 2.84 bits per heavy atom. The van der Waals surface area contributed by atoms with Crippen LogP contribution in [0.25, 0.3) is 0 Å². The molecule has 4 nitrogen and oxygen atoms in total. The van der Waals surface area contributed by atoms with Crippen LogP contribution in [0.4, 0.5) is 10.1 Å². The van der Waals surface area contributed by atoms with Gasteiger partial charge in [0, 0.05) is 18.8 Å². The second kappa shape index (κ2) is 4.81. The van der Waals surface area contributed by atoms with E-state index in [4.69, 9.17) is 5.73 Å². The Bertz CT molecular complexity index is 514. The molecule has 2 rings (SSSR count). The van der Waals surface area contributed by atoms with E-state index < -0.39 is 17.3 Å². The summed E-state index contributed by atoms with van der Waals surface area (Å²) in [5.74, 6) is -0.947. The third-order valence-electron chi connectivity index (χ3n) is 3.47. The number of piperidine rings is 1. The molecule has 1 saturated heterocycles. The Kier molecular flexibility index (Phi) is 3.49. The van der Waals surface area contributed by atoms with Crippen LogP contribution in [0.5, 0.6) is 0 Å². The molecule has 1 amide bonds. The lowest BCUT2D eigenvalue weighted by Crippen LogP contribution is -2.48. The number of rotatable bonds is 1. The first-order chi connectivity index (χ1) is 8.80. The maximum atomic E-state index is 14.0. The van der Waals surface area contributed by atoms with Crippen molar-refractivity contribution in [1.29, 1.82) is 0 Å². The van der Waals surface area contributed by atoms with Crippen LogP contribution in [0.15, 0.2) is 12.1 Å². The van der Waals surface area contributed by atoms with E-state index in [9.17, 15) is 14.3 Å². The summed E-state index contributed by atoms with van der Waals surface area (Å²) in [4.78, 5) is 13.8. The molecule has 0 saturated carbocycles. The number of hydrogen-bond donors (Lipinski definition) is 2. The number of aryl methyl sites for hydroxylation is 1. The number of aliphatic hydroxyl groups is 1. The minimum absolute atomic E-state index is 0.0183. The van der Waals surface area contributed by atoms with E-state index in [0.717, 1.165) is 0 Å². The zero-order chi connectivity index (χ0) is 14.2. The van der Waals surface area contributed by atoms with Crippen molar-refractivity contribution in [1.82, 2.24) is 4.90 Å². The van der Waals surface area contributed by atoms with Crippen LogP contribution in [0.3, 0.4) is 0 Å². The molecule has 3 N–H and O–H groups in total. The third kappa shape index (κ3) is 2.87. The van der Waals surface area contributed by atoms with E-state index in [1.807, 2.05) is 0 Å². The van der Waals surface area contributed by atoms with E-state index in [1.54, 1.807) is 13.8 Å². The van der Waals surface area contributed by atoms with Crippen LogP contribution < -0.4 is 5.73 Å². The van der Waals surface area contributed by atoms with Crippen molar-refractivity contribution < 1.29 is 14.3 Å². The molecule has 1 heterocycles. The summed E-state index contributed by atoms with van der Waals surface area (Å²) >= 11 is 0. The molecule has 0 bridgehead atoms. The number of amides is 1. The van der Waals surface area contributed by atoms with Gasteiger partial charge in [-0.1, -0.05) is 0 Å². The molecule has 1 unspecified atom stereocenters. The number of hydrogen-bond acceptors (Lipinski definition) is 3. The Morgan fingerprint density at radius 2 is 2.21 bits per heavy atom. The maximum Gasteiger partial charge on any atom is 0.257 e. The van der Waals surface area contributed by atoms with Crippen molar-refractivity contribution in [3.8, 4) is 0 Å². The lowest BCUT2D eigenvalue weighted by molar-refractivity contribution is -0.0109. The second-order valence-electron chi connectivity index (χ2n) is 5.53. The molecule has 1 atom stereocenters. The number of β-amino-alcohol motifs (C(OH)–C–C–N with tert-alkyl or cyclic N) is 1. The first kappa shape index (κ1) is 13.8. The van der Waals surface area contributed by atoms with Crippen molar-refractivity contribution >= 4 is 11.6 Å². The molecule has 0 aliphatic carbocycles. The maximum absolute atomic E-state index is 14.0. The number of halogens is 1. The first-order valence-electron chi connectivity index (χ1n) is 6.37. The molecule has 1 fully saturated rings. The van der Waals surface area contributed by atoms with Gasteiger partial charge in [0.15, 0.2) is 0 Å². The molecular formula is C14H19FN2O2. The second-order valence-corrected chi connectivity index (χ2v) is 5.53. The summed E-state index contributed by atoms with van der Waals surface area (Å²) in [6, 6.07) is 2.85.